The summed E-state index contributed by atoms with van der Waals surface area (Å²) in [5, 5.41) is 2.06. The van der Waals surface area contributed by atoms with Crippen LogP contribution in [0.1, 0.15) is 17.4 Å². The molecule has 3 rings (SSSR count). The molecule has 0 N–H and O–H groups in total. The van der Waals surface area contributed by atoms with Crippen LogP contribution in [0.5, 0.6) is 0 Å². The number of hydrogen-bond donors (Lipinski definition) is 0. The average molecular weight is 440 g/mol. The SMILES string of the molecule is CC(OC(=O)CSc1ccc(Br)cc1)C(=O)N1CCc2sccc2C1. The predicted molar refractivity (Wildman–Crippen MR) is 104 cm³/mol. The van der Waals surface area contributed by atoms with Crippen LogP contribution in [0.25, 0.3) is 0 Å². The van der Waals surface area contributed by atoms with Gasteiger partial charge in [0.2, 0.25) is 0 Å². The van der Waals surface area contributed by atoms with Crippen LogP contribution in [0.4, 0.5) is 0 Å². The topological polar surface area (TPSA) is 46.6 Å². The van der Waals surface area contributed by atoms with Gasteiger partial charge < -0.3 is 9.64 Å². The zero-order valence-corrected chi connectivity index (χ0v) is 17.0. The Morgan fingerprint density at radius 2 is 2.08 bits per heavy atom. The van der Waals surface area contributed by atoms with Crippen LogP contribution in [-0.4, -0.2) is 35.2 Å². The average Bonchev–Trinajstić information content (AvgIpc) is 3.08. The molecule has 2 aromatic rings. The van der Waals surface area contributed by atoms with Crippen molar-refractivity contribution < 1.29 is 14.3 Å². The molecule has 1 aliphatic rings. The zero-order chi connectivity index (χ0) is 17.8. The van der Waals surface area contributed by atoms with Gasteiger partial charge in [-0.3, -0.25) is 9.59 Å². The van der Waals surface area contributed by atoms with Crippen molar-refractivity contribution in [2.75, 3.05) is 12.3 Å². The molecule has 0 saturated carbocycles. The second-order valence-corrected chi connectivity index (χ2v) is 8.72. The standard InChI is InChI=1S/C18H18BrNO3S2/c1-12(18(22)20-8-6-16-13(10-20)7-9-24-16)23-17(21)11-25-15-4-2-14(19)3-5-15/h2-5,7,9,12H,6,8,10-11H2,1H3. The Morgan fingerprint density at radius 3 is 2.84 bits per heavy atom. The molecule has 1 aliphatic heterocycles. The lowest BCUT2D eigenvalue weighted by Crippen LogP contribution is -2.42. The highest BCUT2D eigenvalue weighted by molar-refractivity contribution is 9.10. The van der Waals surface area contributed by atoms with E-state index in [1.54, 1.807) is 23.2 Å². The lowest BCUT2D eigenvalue weighted by Gasteiger charge is -2.29. The summed E-state index contributed by atoms with van der Waals surface area (Å²) in [6, 6.07) is 9.78. The van der Waals surface area contributed by atoms with E-state index in [0.29, 0.717) is 13.1 Å². The van der Waals surface area contributed by atoms with Gasteiger partial charge in [0.15, 0.2) is 6.10 Å². The number of esters is 1. The third-order valence-corrected chi connectivity index (χ3v) is 6.48. The maximum absolute atomic E-state index is 12.5. The Kier molecular flexibility index (Phi) is 6.19. The van der Waals surface area contributed by atoms with Gasteiger partial charge in [0.05, 0.1) is 5.75 Å². The van der Waals surface area contributed by atoms with E-state index in [2.05, 4.69) is 27.4 Å². The van der Waals surface area contributed by atoms with Crippen molar-refractivity contribution in [3.05, 3.63) is 50.6 Å². The summed E-state index contributed by atoms with van der Waals surface area (Å²) < 4.78 is 6.32. The lowest BCUT2D eigenvalue weighted by molar-refractivity contribution is -0.157. The number of nitrogens with zero attached hydrogens (tertiary/aromatic N) is 1. The van der Waals surface area contributed by atoms with Crippen molar-refractivity contribution in [3.8, 4) is 0 Å². The van der Waals surface area contributed by atoms with E-state index in [4.69, 9.17) is 4.74 Å². The van der Waals surface area contributed by atoms with E-state index < -0.39 is 6.10 Å². The third kappa shape index (κ3) is 4.86. The van der Waals surface area contributed by atoms with Crippen LogP contribution in [-0.2, 0) is 27.3 Å². The van der Waals surface area contributed by atoms with Crippen LogP contribution in [0, 0.1) is 0 Å². The van der Waals surface area contributed by atoms with Crippen molar-refractivity contribution in [1.82, 2.24) is 4.90 Å². The Morgan fingerprint density at radius 1 is 1.32 bits per heavy atom. The lowest BCUT2D eigenvalue weighted by atomic mass is 10.1. The predicted octanol–water partition coefficient (Wildman–Crippen LogP) is 4.12. The fourth-order valence-corrected chi connectivity index (χ4v) is 4.48. The quantitative estimate of drug-likeness (QED) is 0.519. The number of halogens is 1. The molecule has 1 aromatic heterocycles. The van der Waals surface area contributed by atoms with Gasteiger partial charge in [-0.05, 0) is 54.6 Å². The first-order valence-corrected chi connectivity index (χ1v) is 10.6. The highest BCUT2D eigenvalue weighted by Crippen LogP contribution is 2.25. The molecular formula is C18H18BrNO3S2. The van der Waals surface area contributed by atoms with Crippen molar-refractivity contribution in [2.24, 2.45) is 0 Å². The zero-order valence-electron chi connectivity index (χ0n) is 13.7. The number of thioether (sulfide) groups is 1. The van der Waals surface area contributed by atoms with Crippen molar-refractivity contribution in [1.29, 1.82) is 0 Å². The van der Waals surface area contributed by atoms with Crippen molar-refractivity contribution in [2.45, 2.75) is 30.9 Å². The number of fused-ring (bicyclic) bond motifs is 1. The summed E-state index contributed by atoms with van der Waals surface area (Å²) in [6.07, 6.45) is 0.122. The van der Waals surface area contributed by atoms with Crippen molar-refractivity contribution >= 4 is 50.9 Å². The van der Waals surface area contributed by atoms with Gasteiger partial charge in [-0.15, -0.1) is 23.1 Å². The number of ether oxygens (including phenoxy) is 1. The highest BCUT2D eigenvalue weighted by Gasteiger charge is 2.27. The number of rotatable bonds is 5. The molecule has 0 spiro atoms. The van der Waals surface area contributed by atoms with E-state index in [9.17, 15) is 9.59 Å². The van der Waals surface area contributed by atoms with E-state index >= 15 is 0 Å². The van der Waals surface area contributed by atoms with Crippen LogP contribution >= 0.6 is 39.0 Å². The van der Waals surface area contributed by atoms with E-state index in [-0.39, 0.29) is 17.6 Å². The first-order chi connectivity index (χ1) is 12.0. The first kappa shape index (κ1) is 18.5. The van der Waals surface area contributed by atoms with Gasteiger partial charge in [0.1, 0.15) is 0 Å². The number of carbonyl (C=O) groups is 2. The van der Waals surface area contributed by atoms with Crippen molar-refractivity contribution in [3.63, 3.8) is 0 Å². The largest absolute Gasteiger partial charge is 0.452 e. The molecule has 1 amide bonds. The van der Waals surface area contributed by atoms with Crippen LogP contribution < -0.4 is 0 Å². The smallest absolute Gasteiger partial charge is 0.317 e. The molecule has 1 aromatic carbocycles. The second-order valence-electron chi connectivity index (χ2n) is 5.75. The normalized spacial score (nSPS) is 14.7. The van der Waals surface area contributed by atoms with Gasteiger partial charge in [-0.1, -0.05) is 15.9 Å². The first-order valence-electron chi connectivity index (χ1n) is 7.95. The molecule has 2 heterocycles. The van der Waals surface area contributed by atoms with Crippen LogP contribution in [0.3, 0.4) is 0 Å². The van der Waals surface area contributed by atoms with E-state index in [1.165, 1.54) is 22.2 Å². The maximum atomic E-state index is 12.5. The number of thiophene rings is 1. The Labute approximate surface area is 163 Å². The molecule has 132 valence electrons. The number of hydrogen-bond acceptors (Lipinski definition) is 5. The monoisotopic (exact) mass is 439 g/mol. The summed E-state index contributed by atoms with van der Waals surface area (Å²) in [5.41, 5.74) is 1.20. The van der Waals surface area contributed by atoms with Gasteiger partial charge in [-0.25, -0.2) is 0 Å². The molecule has 1 unspecified atom stereocenters. The minimum atomic E-state index is -0.752. The van der Waals surface area contributed by atoms with Crippen LogP contribution in [0.15, 0.2) is 45.1 Å². The van der Waals surface area contributed by atoms with Gasteiger partial charge >= 0.3 is 5.97 Å². The maximum Gasteiger partial charge on any atom is 0.317 e. The molecule has 0 aliphatic carbocycles. The summed E-state index contributed by atoms with van der Waals surface area (Å²) in [5.74, 6) is -0.311. The summed E-state index contributed by atoms with van der Waals surface area (Å²) >= 11 is 6.51. The number of benzene rings is 1. The third-order valence-electron chi connectivity index (χ3n) is 3.95. The molecule has 0 radical (unpaired) electrons. The minimum Gasteiger partial charge on any atom is -0.452 e. The fourth-order valence-electron chi connectivity index (χ4n) is 2.65. The Hall–Kier alpha value is -1.31. The second kappa shape index (κ2) is 8.38. The Bertz CT molecular complexity index is 760. The van der Waals surface area contributed by atoms with E-state index in [1.807, 2.05) is 24.3 Å². The van der Waals surface area contributed by atoms with Gasteiger partial charge in [-0.2, -0.15) is 0 Å². The molecule has 0 fully saturated rings. The van der Waals surface area contributed by atoms with E-state index in [0.717, 1.165) is 15.8 Å². The van der Waals surface area contributed by atoms with Crippen LogP contribution in [0.2, 0.25) is 0 Å². The molecular weight excluding hydrogens is 422 g/mol. The van der Waals surface area contributed by atoms with Gasteiger partial charge in [0.25, 0.3) is 5.91 Å². The number of amides is 1. The molecule has 25 heavy (non-hydrogen) atoms. The fraction of sp³-hybridized carbons (Fsp3) is 0.333. The van der Waals surface area contributed by atoms with Gasteiger partial charge in [0, 0.05) is 27.3 Å². The summed E-state index contributed by atoms with van der Waals surface area (Å²) in [6.45, 7) is 2.93. The molecule has 0 saturated heterocycles. The minimum absolute atomic E-state index is 0.126. The highest BCUT2D eigenvalue weighted by atomic mass is 79.9. The molecule has 7 heteroatoms. The molecule has 1 atom stereocenters. The summed E-state index contributed by atoms with van der Waals surface area (Å²) in [7, 11) is 0. The number of carbonyl (C=O) groups excluding carboxylic acids is 2. The summed E-state index contributed by atoms with van der Waals surface area (Å²) in [4.78, 5) is 28.6. The molecule has 4 nitrogen and oxygen atoms in total. The Balaban J connectivity index is 1.48. The molecule has 0 bridgehead atoms.